The fraction of sp³-hybridized carbons (Fsp3) is 0.263. The van der Waals surface area contributed by atoms with E-state index in [9.17, 15) is 9.59 Å². The molecule has 0 heterocycles. The lowest BCUT2D eigenvalue weighted by atomic mass is 10.1. The van der Waals surface area contributed by atoms with Crippen LogP contribution < -0.4 is 5.32 Å². The Morgan fingerprint density at radius 2 is 1.83 bits per heavy atom. The van der Waals surface area contributed by atoms with Gasteiger partial charge in [0.15, 0.2) is 0 Å². The molecule has 120 valence electrons. The van der Waals surface area contributed by atoms with Gasteiger partial charge in [0.1, 0.15) is 6.61 Å². The Labute approximate surface area is 136 Å². The van der Waals surface area contributed by atoms with Gasteiger partial charge in [0.25, 0.3) is 0 Å². The van der Waals surface area contributed by atoms with Gasteiger partial charge < -0.3 is 10.1 Å². The van der Waals surface area contributed by atoms with Crippen LogP contribution in [0.25, 0.3) is 0 Å². The van der Waals surface area contributed by atoms with E-state index in [1.54, 1.807) is 24.3 Å². The van der Waals surface area contributed by atoms with E-state index in [0.29, 0.717) is 11.3 Å². The number of esters is 1. The van der Waals surface area contributed by atoms with Gasteiger partial charge in [-0.15, -0.1) is 0 Å². The molecular weight excluding hydrogens is 290 g/mol. The van der Waals surface area contributed by atoms with Gasteiger partial charge in [0.05, 0.1) is 5.56 Å². The van der Waals surface area contributed by atoms with E-state index in [4.69, 9.17) is 4.74 Å². The zero-order valence-electron chi connectivity index (χ0n) is 13.4. The minimum atomic E-state index is -0.409. The van der Waals surface area contributed by atoms with Crippen molar-refractivity contribution in [1.82, 2.24) is 0 Å². The molecule has 2 rings (SSSR count). The quantitative estimate of drug-likeness (QED) is 0.820. The van der Waals surface area contributed by atoms with Crippen LogP contribution in [0.5, 0.6) is 0 Å². The van der Waals surface area contributed by atoms with E-state index in [2.05, 4.69) is 5.32 Å². The van der Waals surface area contributed by atoms with Gasteiger partial charge in [-0.05, 0) is 30.2 Å². The van der Waals surface area contributed by atoms with Crippen molar-refractivity contribution in [2.75, 3.05) is 5.32 Å². The summed E-state index contributed by atoms with van der Waals surface area (Å²) in [5.41, 5.74) is 1.95. The predicted octanol–water partition coefficient (Wildman–Crippen LogP) is 4.03. The van der Waals surface area contributed by atoms with Crippen LogP contribution in [-0.4, -0.2) is 11.9 Å². The highest BCUT2D eigenvalue weighted by molar-refractivity contribution is 5.95. The lowest BCUT2D eigenvalue weighted by molar-refractivity contribution is -0.119. The summed E-state index contributed by atoms with van der Waals surface area (Å²) in [7, 11) is 0. The number of nitrogens with one attached hydrogen (secondary N) is 1. The number of carbonyl (C=O) groups excluding carboxylic acids is 2. The van der Waals surface area contributed by atoms with Crippen LogP contribution in [0.3, 0.4) is 0 Å². The second-order valence-corrected chi connectivity index (χ2v) is 5.44. The number of ether oxygens (including phenoxy) is 1. The maximum atomic E-state index is 12.1. The second-order valence-electron chi connectivity index (χ2n) is 5.44. The minimum absolute atomic E-state index is 0.0534. The Bertz CT molecular complexity index is 667. The first kappa shape index (κ1) is 16.7. The molecule has 4 nitrogen and oxygen atoms in total. The smallest absolute Gasteiger partial charge is 0.338 e. The Kier molecular flexibility index (Phi) is 5.92. The summed E-state index contributed by atoms with van der Waals surface area (Å²) in [5, 5.41) is 2.81. The van der Waals surface area contributed by atoms with Crippen molar-refractivity contribution >= 4 is 17.6 Å². The summed E-state index contributed by atoms with van der Waals surface area (Å²) in [5.74, 6) is -0.528. The largest absolute Gasteiger partial charge is 0.457 e. The van der Waals surface area contributed by atoms with Crippen LogP contribution >= 0.6 is 0 Å². The summed E-state index contributed by atoms with van der Waals surface area (Å²) >= 11 is 0. The van der Waals surface area contributed by atoms with E-state index >= 15 is 0 Å². The van der Waals surface area contributed by atoms with Crippen LogP contribution in [0.2, 0.25) is 0 Å². The maximum Gasteiger partial charge on any atom is 0.338 e. The van der Waals surface area contributed by atoms with Gasteiger partial charge in [-0.2, -0.15) is 0 Å². The van der Waals surface area contributed by atoms with Crippen LogP contribution in [0.4, 0.5) is 5.69 Å². The first-order valence-corrected chi connectivity index (χ1v) is 7.72. The van der Waals surface area contributed by atoms with Crippen molar-refractivity contribution < 1.29 is 14.3 Å². The third-order valence-corrected chi connectivity index (χ3v) is 3.64. The lowest BCUT2D eigenvalue weighted by Crippen LogP contribution is -2.19. The monoisotopic (exact) mass is 311 g/mol. The highest BCUT2D eigenvalue weighted by Crippen LogP contribution is 2.14. The third-order valence-electron chi connectivity index (χ3n) is 3.64. The molecule has 0 saturated carbocycles. The van der Waals surface area contributed by atoms with Crippen LogP contribution in [0.15, 0.2) is 54.6 Å². The molecule has 0 radical (unpaired) electrons. The van der Waals surface area contributed by atoms with Gasteiger partial charge in [0.2, 0.25) is 5.91 Å². The fourth-order valence-corrected chi connectivity index (χ4v) is 1.98. The molecule has 1 atom stereocenters. The number of hydrogen-bond donors (Lipinski definition) is 1. The van der Waals surface area contributed by atoms with Crippen LogP contribution in [0, 0.1) is 5.92 Å². The van der Waals surface area contributed by atoms with Crippen molar-refractivity contribution in [1.29, 1.82) is 0 Å². The molecule has 0 saturated heterocycles. The minimum Gasteiger partial charge on any atom is -0.457 e. The normalized spacial score (nSPS) is 11.6. The van der Waals surface area contributed by atoms with Crippen LogP contribution in [0.1, 0.15) is 36.2 Å². The predicted molar refractivity (Wildman–Crippen MR) is 90.1 cm³/mol. The molecular formula is C19H21NO3. The van der Waals surface area contributed by atoms with E-state index in [0.717, 1.165) is 12.0 Å². The SMILES string of the molecule is CCC(C)C(=O)Nc1cccc(C(=O)OCc2ccccc2)c1. The molecule has 2 aromatic carbocycles. The number of rotatable bonds is 6. The van der Waals surface area contributed by atoms with Gasteiger partial charge in [-0.3, -0.25) is 4.79 Å². The van der Waals surface area contributed by atoms with Gasteiger partial charge in [-0.1, -0.05) is 50.2 Å². The Balaban J connectivity index is 1.98. The summed E-state index contributed by atoms with van der Waals surface area (Å²) in [6.45, 7) is 4.05. The van der Waals surface area contributed by atoms with Gasteiger partial charge in [-0.25, -0.2) is 4.79 Å². The molecule has 1 unspecified atom stereocenters. The third kappa shape index (κ3) is 4.95. The Hall–Kier alpha value is -2.62. The summed E-state index contributed by atoms with van der Waals surface area (Å²) < 4.78 is 5.29. The molecule has 0 aliphatic heterocycles. The van der Waals surface area contributed by atoms with Crippen molar-refractivity contribution in [2.24, 2.45) is 5.92 Å². The highest BCUT2D eigenvalue weighted by atomic mass is 16.5. The van der Waals surface area contributed by atoms with Crippen molar-refractivity contribution in [3.05, 3.63) is 65.7 Å². The molecule has 0 aromatic heterocycles. The van der Waals surface area contributed by atoms with Crippen molar-refractivity contribution in [2.45, 2.75) is 26.9 Å². The zero-order chi connectivity index (χ0) is 16.7. The highest BCUT2D eigenvalue weighted by Gasteiger charge is 2.12. The second kappa shape index (κ2) is 8.13. The molecule has 0 fully saturated rings. The zero-order valence-corrected chi connectivity index (χ0v) is 13.4. The topological polar surface area (TPSA) is 55.4 Å². The molecule has 0 aliphatic rings. The van der Waals surface area contributed by atoms with Crippen LogP contribution in [-0.2, 0) is 16.1 Å². The maximum absolute atomic E-state index is 12.1. The average Bonchev–Trinajstić information content (AvgIpc) is 2.60. The number of benzene rings is 2. The molecule has 0 spiro atoms. The van der Waals surface area contributed by atoms with Crippen molar-refractivity contribution in [3.63, 3.8) is 0 Å². The fourth-order valence-electron chi connectivity index (χ4n) is 1.98. The first-order valence-electron chi connectivity index (χ1n) is 7.72. The van der Waals surface area contributed by atoms with E-state index < -0.39 is 5.97 Å². The first-order chi connectivity index (χ1) is 11.1. The molecule has 4 heteroatoms. The van der Waals surface area contributed by atoms with Gasteiger partial charge >= 0.3 is 5.97 Å². The average molecular weight is 311 g/mol. The Morgan fingerprint density at radius 3 is 2.52 bits per heavy atom. The number of anilines is 1. The molecule has 0 bridgehead atoms. The number of amides is 1. The lowest BCUT2D eigenvalue weighted by Gasteiger charge is -2.11. The molecule has 2 aromatic rings. The van der Waals surface area contributed by atoms with E-state index in [1.807, 2.05) is 44.2 Å². The van der Waals surface area contributed by atoms with E-state index in [1.165, 1.54) is 0 Å². The number of carbonyl (C=O) groups is 2. The summed E-state index contributed by atoms with van der Waals surface area (Å²) in [6.07, 6.45) is 0.768. The Morgan fingerprint density at radius 1 is 1.09 bits per heavy atom. The van der Waals surface area contributed by atoms with E-state index in [-0.39, 0.29) is 18.4 Å². The van der Waals surface area contributed by atoms with Crippen molar-refractivity contribution in [3.8, 4) is 0 Å². The summed E-state index contributed by atoms with van der Waals surface area (Å²) in [6, 6.07) is 16.3. The molecule has 23 heavy (non-hydrogen) atoms. The van der Waals surface area contributed by atoms with Gasteiger partial charge in [0, 0.05) is 11.6 Å². The summed E-state index contributed by atoms with van der Waals surface area (Å²) in [4.78, 5) is 24.0. The standard InChI is InChI=1S/C19H21NO3/c1-3-14(2)18(21)20-17-11-7-10-16(12-17)19(22)23-13-15-8-5-4-6-9-15/h4-12,14H,3,13H2,1-2H3,(H,20,21). The molecule has 1 amide bonds. The molecule has 0 aliphatic carbocycles. The number of hydrogen-bond acceptors (Lipinski definition) is 3. The molecule has 1 N–H and O–H groups in total.